The maximum Gasteiger partial charge on any atom is 0.406 e. The molecule has 3 aromatic rings. The standard InChI is InChI=1S/C16H12BrClF3N3O2/c1-2-26-12(25)6-11-22-13-9-5-8(17)3-4-10(9)24(7-16(19,20)21)14(13)15(18)23-11/h3-5H,2,6-7H2,1H3. The molecule has 0 spiro atoms. The summed E-state index contributed by atoms with van der Waals surface area (Å²) in [4.78, 5) is 19.9. The van der Waals surface area contributed by atoms with E-state index in [0.717, 1.165) is 4.57 Å². The Labute approximate surface area is 159 Å². The molecule has 5 nitrogen and oxygen atoms in total. The van der Waals surface area contributed by atoms with Crippen molar-refractivity contribution in [2.75, 3.05) is 6.61 Å². The molecular formula is C16H12BrClF3N3O2. The molecule has 0 fully saturated rings. The molecule has 0 bridgehead atoms. The third-order valence-corrected chi connectivity index (χ3v) is 4.36. The Morgan fingerprint density at radius 3 is 2.73 bits per heavy atom. The number of carbonyl (C=O) groups is 1. The number of benzene rings is 1. The van der Waals surface area contributed by atoms with E-state index in [-0.39, 0.29) is 35.0 Å². The molecule has 10 heteroatoms. The molecule has 0 aliphatic carbocycles. The third-order valence-electron chi connectivity index (χ3n) is 3.61. The van der Waals surface area contributed by atoms with Crippen LogP contribution in [0, 0.1) is 0 Å². The van der Waals surface area contributed by atoms with Crippen molar-refractivity contribution in [3.63, 3.8) is 0 Å². The Morgan fingerprint density at radius 2 is 2.08 bits per heavy atom. The van der Waals surface area contributed by atoms with Crippen LogP contribution in [0.25, 0.3) is 21.9 Å². The van der Waals surface area contributed by atoms with Crippen molar-refractivity contribution in [1.29, 1.82) is 0 Å². The lowest BCUT2D eigenvalue weighted by Gasteiger charge is -2.11. The van der Waals surface area contributed by atoms with Crippen molar-refractivity contribution in [1.82, 2.24) is 14.5 Å². The summed E-state index contributed by atoms with van der Waals surface area (Å²) in [6.07, 6.45) is -4.66. The lowest BCUT2D eigenvalue weighted by molar-refractivity contribution is -0.142. The molecule has 138 valence electrons. The van der Waals surface area contributed by atoms with Gasteiger partial charge in [0.15, 0.2) is 5.15 Å². The zero-order chi connectivity index (χ0) is 19.1. The van der Waals surface area contributed by atoms with Gasteiger partial charge >= 0.3 is 12.1 Å². The predicted octanol–water partition coefficient (Wildman–Crippen LogP) is 4.67. The average Bonchev–Trinajstić information content (AvgIpc) is 2.79. The zero-order valence-electron chi connectivity index (χ0n) is 13.4. The second-order valence-corrected chi connectivity index (χ2v) is 6.75. The molecule has 3 rings (SSSR count). The molecule has 0 radical (unpaired) electrons. The fourth-order valence-corrected chi connectivity index (χ4v) is 3.37. The predicted molar refractivity (Wildman–Crippen MR) is 94.1 cm³/mol. The van der Waals surface area contributed by atoms with Gasteiger partial charge in [0.1, 0.15) is 29.8 Å². The van der Waals surface area contributed by atoms with Crippen molar-refractivity contribution in [3.8, 4) is 0 Å². The van der Waals surface area contributed by atoms with Crippen LogP contribution in [0.5, 0.6) is 0 Å². The number of fused-ring (bicyclic) bond motifs is 3. The summed E-state index contributed by atoms with van der Waals surface area (Å²) < 4.78 is 45.7. The van der Waals surface area contributed by atoms with Crippen LogP contribution in [-0.2, 0) is 22.5 Å². The lowest BCUT2D eigenvalue weighted by atomic mass is 10.2. The Bertz CT molecular complexity index is 1000. The molecule has 0 amide bonds. The SMILES string of the molecule is CCOC(=O)Cc1nc(Cl)c2c(n1)c1cc(Br)ccc1n2CC(F)(F)F. The molecule has 0 saturated carbocycles. The van der Waals surface area contributed by atoms with Crippen molar-refractivity contribution >= 4 is 55.4 Å². The first kappa shape index (κ1) is 18.9. The van der Waals surface area contributed by atoms with E-state index in [4.69, 9.17) is 16.3 Å². The first-order chi connectivity index (χ1) is 12.2. The number of aromatic nitrogens is 3. The number of hydrogen-bond acceptors (Lipinski definition) is 4. The maximum atomic E-state index is 13.0. The molecule has 0 unspecified atom stereocenters. The average molecular weight is 451 g/mol. The highest BCUT2D eigenvalue weighted by Gasteiger charge is 2.31. The molecule has 2 aromatic heterocycles. The van der Waals surface area contributed by atoms with Crippen LogP contribution in [0.1, 0.15) is 12.7 Å². The molecule has 0 saturated heterocycles. The van der Waals surface area contributed by atoms with E-state index in [9.17, 15) is 18.0 Å². The minimum atomic E-state index is -4.45. The molecule has 1 aromatic carbocycles. The minimum absolute atomic E-state index is 0.0738. The van der Waals surface area contributed by atoms with Crippen molar-refractivity contribution in [2.45, 2.75) is 26.1 Å². The number of rotatable bonds is 4. The van der Waals surface area contributed by atoms with Gasteiger partial charge in [-0.2, -0.15) is 13.2 Å². The molecule has 26 heavy (non-hydrogen) atoms. The maximum absolute atomic E-state index is 13.0. The van der Waals surface area contributed by atoms with Crippen LogP contribution in [0.2, 0.25) is 5.15 Å². The van der Waals surface area contributed by atoms with Gasteiger partial charge in [0.25, 0.3) is 0 Å². The number of alkyl halides is 3. The van der Waals surface area contributed by atoms with Gasteiger partial charge in [0.2, 0.25) is 0 Å². The van der Waals surface area contributed by atoms with E-state index >= 15 is 0 Å². The summed E-state index contributed by atoms with van der Waals surface area (Å²) in [6, 6.07) is 4.84. The van der Waals surface area contributed by atoms with E-state index < -0.39 is 18.7 Å². The Morgan fingerprint density at radius 1 is 1.35 bits per heavy atom. The van der Waals surface area contributed by atoms with Gasteiger partial charge in [0.05, 0.1) is 12.1 Å². The molecule has 2 heterocycles. The quantitative estimate of drug-likeness (QED) is 0.428. The van der Waals surface area contributed by atoms with Crippen LogP contribution in [0.15, 0.2) is 22.7 Å². The van der Waals surface area contributed by atoms with Crippen LogP contribution < -0.4 is 0 Å². The highest BCUT2D eigenvalue weighted by atomic mass is 79.9. The molecule has 0 atom stereocenters. The lowest BCUT2D eigenvalue weighted by Crippen LogP contribution is -2.18. The summed E-state index contributed by atoms with van der Waals surface area (Å²) in [5, 5.41) is 0.332. The first-order valence-corrected chi connectivity index (χ1v) is 8.73. The van der Waals surface area contributed by atoms with E-state index in [1.807, 2.05) is 0 Å². The molecule has 0 N–H and O–H groups in total. The number of ether oxygens (including phenoxy) is 1. The smallest absolute Gasteiger partial charge is 0.406 e. The number of carbonyl (C=O) groups excluding carboxylic acids is 1. The summed E-state index contributed by atoms with van der Waals surface area (Å²) in [7, 11) is 0. The fourth-order valence-electron chi connectivity index (χ4n) is 2.72. The highest BCUT2D eigenvalue weighted by Crippen LogP contribution is 2.35. The summed E-state index contributed by atoms with van der Waals surface area (Å²) in [6.45, 7) is 0.638. The molecular weight excluding hydrogens is 439 g/mol. The van der Waals surface area contributed by atoms with Gasteiger partial charge in [-0.25, -0.2) is 9.97 Å². The van der Waals surface area contributed by atoms with E-state index in [0.29, 0.717) is 15.4 Å². The van der Waals surface area contributed by atoms with Gasteiger partial charge in [-0.15, -0.1) is 0 Å². The minimum Gasteiger partial charge on any atom is -0.466 e. The second kappa shape index (κ2) is 7.03. The fraction of sp³-hybridized carbons (Fsp3) is 0.312. The number of hydrogen-bond donors (Lipinski definition) is 0. The van der Waals surface area contributed by atoms with Gasteiger partial charge in [0, 0.05) is 9.86 Å². The number of nitrogens with zero attached hydrogens (tertiary/aromatic N) is 3. The van der Waals surface area contributed by atoms with Gasteiger partial charge in [-0.1, -0.05) is 27.5 Å². The van der Waals surface area contributed by atoms with Gasteiger partial charge in [-0.3, -0.25) is 4.79 Å². The monoisotopic (exact) mass is 449 g/mol. The molecule has 0 aliphatic heterocycles. The second-order valence-electron chi connectivity index (χ2n) is 5.47. The van der Waals surface area contributed by atoms with Crippen LogP contribution in [-0.4, -0.2) is 33.3 Å². The van der Waals surface area contributed by atoms with Gasteiger partial charge < -0.3 is 9.30 Å². The largest absolute Gasteiger partial charge is 0.466 e. The summed E-state index contributed by atoms with van der Waals surface area (Å²) in [5.41, 5.74) is 0.652. The zero-order valence-corrected chi connectivity index (χ0v) is 15.7. The Balaban J connectivity index is 2.25. The molecule has 0 aliphatic rings. The van der Waals surface area contributed by atoms with E-state index in [1.54, 1.807) is 25.1 Å². The Hall–Kier alpha value is -1.87. The van der Waals surface area contributed by atoms with Gasteiger partial charge in [-0.05, 0) is 25.1 Å². The third kappa shape index (κ3) is 3.78. The van der Waals surface area contributed by atoms with Crippen LogP contribution in [0.3, 0.4) is 0 Å². The van der Waals surface area contributed by atoms with Crippen molar-refractivity contribution in [3.05, 3.63) is 33.6 Å². The summed E-state index contributed by atoms with van der Waals surface area (Å²) in [5.74, 6) is -0.449. The van der Waals surface area contributed by atoms with E-state index in [2.05, 4.69) is 25.9 Å². The van der Waals surface area contributed by atoms with E-state index in [1.165, 1.54) is 0 Å². The topological polar surface area (TPSA) is 57.0 Å². The van der Waals surface area contributed by atoms with Crippen molar-refractivity contribution < 1.29 is 22.7 Å². The normalized spacial score (nSPS) is 12.1. The van der Waals surface area contributed by atoms with Crippen LogP contribution in [0.4, 0.5) is 13.2 Å². The van der Waals surface area contributed by atoms with Crippen LogP contribution >= 0.6 is 27.5 Å². The Kier molecular flexibility index (Phi) is 5.12. The number of halogens is 5. The highest BCUT2D eigenvalue weighted by molar-refractivity contribution is 9.10. The van der Waals surface area contributed by atoms with Crippen molar-refractivity contribution in [2.24, 2.45) is 0 Å². The summed E-state index contributed by atoms with van der Waals surface area (Å²) >= 11 is 9.47. The number of esters is 1. The first-order valence-electron chi connectivity index (χ1n) is 7.56.